The van der Waals surface area contributed by atoms with Crippen LogP contribution in [0.5, 0.6) is 0 Å². The number of aryl methyl sites for hydroxylation is 1. The first kappa shape index (κ1) is 14.3. The van der Waals surface area contributed by atoms with Crippen LogP contribution in [0.3, 0.4) is 0 Å². The van der Waals surface area contributed by atoms with E-state index in [1.54, 1.807) is 13.0 Å². The largest absolute Gasteiger partial charge is 0.381 e. The lowest BCUT2D eigenvalue weighted by Gasteiger charge is -2.14. The summed E-state index contributed by atoms with van der Waals surface area (Å²) in [5.74, 6) is 0. The molecule has 0 amide bonds. The van der Waals surface area contributed by atoms with Crippen molar-refractivity contribution in [3.05, 3.63) is 16.0 Å². The monoisotopic (exact) mass is 309 g/mol. The minimum absolute atomic E-state index is 0.0429. The fourth-order valence-electron chi connectivity index (χ4n) is 1.86. The topological polar surface area (TPSA) is 55.4 Å². The van der Waals surface area contributed by atoms with Gasteiger partial charge in [-0.3, -0.25) is 0 Å². The number of sulfonamides is 1. The van der Waals surface area contributed by atoms with Gasteiger partial charge in [0.05, 0.1) is 4.34 Å². The maximum atomic E-state index is 12.2. The number of nitrogens with one attached hydrogen (secondary N) is 1. The molecule has 1 aromatic rings. The normalized spacial score (nSPS) is 21.8. The van der Waals surface area contributed by atoms with Crippen LogP contribution in [0.4, 0.5) is 0 Å². The van der Waals surface area contributed by atoms with E-state index in [1.165, 1.54) is 0 Å². The van der Waals surface area contributed by atoms with Crippen molar-refractivity contribution in [3.8, 4) is 0 Å². The molecule has 0 unspecified atom stereocenters. The molecule has 1 N–H and O–H groups in total. The summed E-state index contributed by atoms with van der Waals surface area (Å²) >= 11 is 7.01. The molecule has 0 radical (unpaired) electrons. The first-order valence-electron chi connectivity index (χ1n) is 5.85. The SMILES string of the molecule is Cc1cc(S(=O)(=O)N[C@H]2CCCOCC2)sc1Cl. The smallest absolute Gasteiger partial charge is 0.250 e. The van der Waals surface area contributed by atoms with Gasteiger partial charge in [-0.15, -0.1) is 11.3 Å². The molecule has 0 spiro atoms. The third kappa shape index (κ3) is 3.45. The highest BCUT2D eigenvalue weighted by molar-refractivity contribution is 7.91. The van der Waals surface area contributed by atoms with E-state index in [2.05, 4.69) is 4.72 Å². The molecule has 0 saturated carbocycles. The van der Waals surface area contributed by atoms with E-state index in [1.807, 2.05) is 0 Å². The second kappa shape index (κ2) is 5.88. The van der Waals surface area contributed by atoms with Gasteiger partial charge in [0, 0.05) is 19.3 Å². The number of thiophene rings is 1. The van der Waals surface area contributed by atoms with Crippen LogP contribution in [0.1, 0.15) is 24.8 Å². The first-order chi connectivity index (χ1) is 8.49. The molecule has 102 valence electrons. The highest BCUT2D eigenvalue weighted by Crippen LogP contribution is 2.30. The average Bonchev–Trinajstić information content (AvgIpc) is 2.53. The summed E-state index contributed by atoms with van der Waals surface area (Å²) in [5.41, 5.74) is 0.797. The van der Waals surface area contributed by atoms with Gasteiger partial charge in [0.25, 0.3) is 0 Å². The maximum absolute atomic E-state index is 12.2. The lowest BCUT2D eigenvalue weighted by atomic mass is 10.1. The third-order valence-electron chi connectivity index (χ3n) is 2.87. The Morgan fingerprint density at radius 3 is 2.89 bits per heavy atom. The van der Waals surface area contributed by atoms with Crippen LogP contribution < -0.4 is 4.72 Å². The standard InChI is InChI=1S/C11H16ClNO3S2/c1-8-7-10(17-11(8)12)18(14,15)13-9-3-2-5-16-6-4-9/h7,9,13H,2-6H2,1H3/t9-/m0/s1. The molecule has 1 fully saturated rings. The van der Waals surface area contributed by atoms with Gasteiger partial charge < -0.3 is 4.74 Å². The molecule has 2 heterocycles. The Kier molecular flexibility index (Phi) is 4.66. The van der Waals surface area contributed by atoms with Crippen molar-refractivity contribution in [1.82, 2.24) is 4.72 Å². The number of hydrogen-bond acceptors (Lipinski definition) is 4. The highest BCUT2D eigenvalue weighted by Gasteiger charge is 2.23. The van der Waals surface area contributed by atoms with Gasteiger partial charge in [-0.05, 0) is 37.8 Å². The second-order valence-electron chi connectivity index (χ2n) is 4.38. The van der Waals surface area contributed by atoms with Crippen LogP contribution in [-0.4, -0.2) is 27.7 Å². The van der Waals surface area contributed by atoms with Crippen molar-refractivity contribution in [2.24, 2.45) is 0 Å². The minimum atomic E-state index is -3.45. The van der Waals surface area contributed by atoms with Crippen LogP contribution in [-0.2, 0) is 14.8 Å². The van der Waals surface area contributed by atoms with Gasteiger partial charge >= 0.3 is 0 Å². The van der Waals surface area contributed by atoms with Gasteiger partial charge in [-0.25, -0.2) is 13.1 Å². The Labute approximate surface area is 116 Å². The molecular weight excluding hydrogens is 294 g/mol. The minimum Gasteiger partial charge on any atom is -0.381 e. The van der Waals surface area contributed by atoms with E-state index >= 15 is 0 Å². The Bertz CT molecular complexity index is 485. The number of hydrogen-bond donors (Lipinski definition) is 1. The molecule has 1 aliphatic rings. The molecule has 0 bridgehead atoms. The molecule has 2 rings (SSSR count). The van der Waals surface area contributed by atoms with E-state index in [0.29, 0.717) is 17.6 Å². The zero-order chi connectivity index (χ0) is 13.2. The van der Waals surface area contributed by atoms with Crippen molar-refractivity contribution in [3.63, 3.8) is 0 Å². The molecule has 1 saturated heterocycles. The zero-order valence-corrected chi connectivity index (χ0v) is 12.5. The van der Waals surface area contributed by atoms with E-state index in [9.17, 15) is 8.42 Å². The number of ether oxygens (including phenoxy) is 1. The van der Waals surface area contributed by atoms with Crippen molar-refractivity contribution in [2.45, 2.75) is 36.4 Å². The van der Waals surface area contributed by atoms with Crippen LogP contribution >= 0.6 is 22.9 Å². The van der Waals surface area contributed by atoms with E-state index in [4.69, 9.17) is 16.3 Å². The van der Waals surface area contributed by atoms with Gasteiger partial charge in [0.15, 0.2) is 0 Å². The number of rotatable bonds is 3. The fourth-order valence-corrected chi connectivity index (χ4v) is 4.89. The molecule has 18 heavy (non-hydrogen) atoms. The lowest BCUT2D eigenvalue weighted by Crippen LogP contribution is -2.34. The van der Waals surface area contributed by atoms with Gasteiger partial charge in [0.1, 0.15) is 4.21 Å². The molecule has 1 aliphatic heterocycles. The molecule has 1 aromatic heterocycles. The van der Waals surface area contributed by atoms with Crippen LogP contribution in [0.2, 0.25) is 4.34 Å². The van der Waals surface area contributed by atoms with E-state index in [-0.39, 0.29) is 10.3 Å². The van der Waals surface area contributed by atoms with Crippen molar-refractivity contribution >= 4 is 33.0 Å². The maximum Gasteiger partial charge on any atom is 0.250 e. The second-order valence-corrected chi connectivity index (χ2v) is 7.98. The predicted octanol–water partition coefficient (Wildman–Crippen LogP) is 2.56. The number of halogens is 1. The summed E-state index contributed by atoms with van der Waals surface area (Å²) < 4.78 is 33.2. The van der Waals surface area contributed by atoms with E-state index in [0.717, 1.165) is 36.2 Å². The predicted molar refractivity (Wildman–Crippen MR) is 72.8 cm³/mol. The summed E-state index contributed by atoms with van der Waals surface area (Å²) in [6, 6.07) is 1.57. The van der Waals surface area contributed by atoms with Crippen LogP contribution in [0.25, 0.3) is 0 Å². The molecule has 1 atom stereocenters. The summed E-state index contributed by atoms with van der Waals surface area (Å²) in [5, 5.41) is 0. The average molecular weight is 310 g/mol. The summed E-state index contributed by atoms with van der Waals surface area (Å²) in [7, 11) is -3.45. The molecule has 0 aliphatic carbocycles. The third-order valence-corrected chi connectivity index (χ3v) is 6.42. The summed E-state index contributed by atoms with van der Waals surface area (Å²) in [6.07, 6.45) is 2.42. The Morgan fingerprint density at radius 1 is 1.44 bits per heavy atom. The molecular formula is C11H16ClNO3S2. The molecule has 7 heteroatoms. The molecule has 4 nitrogen and oxygen atoms in total. The first-order valence-corrected chi connectivity index (χ1v) is 8.53. The van der Waals surface area contributed by atoms with Crippen molar-refractivity contribution < 1.29 is 13.2 Å². The van der Waals surface area contributed by atoms with Gasteiger partial charge in [0.2, 0.25) is 10.0 Å². The lowest BCUT2D eigenvalue weighted by molar-refractivity contribution is 0.143. The quantitative estimate of drug-likeness (QED) is 0.933. The van der Waals surface area contributed by atoms with Crippen molar-refractivity contribution in [2.75, 3.05) is 13.2 Å². The Balaban J connectivity index is 2.11. The Hall–Kier alpha value is -0.140. The molecule has 0 aromatic carbocycles. The Morgan fingerprint density at radius 2 is 2.22 bits per heavy atom. The van der Waals surface area contributed by atoms with E-state index < -0.39 is 10.0 Å². The van der Waals surface area contributed by atoms with Gasteiger partial charge in [-0.2, -0.15) is 0 Å². The summed E-state index contributed by atoms with van der Waals surface area (Å²) in [4.78, 5) is 0. The van der Waals surface area contributed by atoms with Crippen LogP contribution in [0, 0.1) is 6.92 Å². The fraction of sp³-hybridized carbons (Fsp3) is 0.636. The van der Waals surface area contributed by atoms with Gasteiger partial charge in [-0.1, -0.05) is 11.6 Å². The zero-order valence-electron chi connectivity index (χ0n) is 10.1. The van der Waals surface area contributed by atoms with Crippen molar-refractivity contribution in [1.29, 1.82) is 0 Å². The summed E-state index contributed by atoms with van der Waals surface area (Å²) in [6.45, 7) is 3.12. The highest BCUT2D eigenvalue weighted by atomic mass is 35.5. The van der Waals surface area contributed by atoms with Crippen LogP contribution in [0.15, 0.2) is 10.3 Å².